The van der Waals surface area contributed by atoms with Gasteiger partial charge in [-0.25, -0.2) is 0 Å². The number of carbonyl (C=O) groups excluding carboxylic acids is 2. The number of ether oxygens (including phenoxy) is 1. The normalized spacial score (nSPS) is 29.6. The van der Waals surface area contributed by atoms with Crippen molar-refractivity contribution in [3.05, 3.63) is 12.2 Å². The lowest BCUT2D eigenvalue weighted by Crippen LogP contribution is -2.54. The first kappa shape index (κ1) is 13.9. The van der Waals surface area contributed by atoms with E-state index >= 15 is 0 Å². The summed E-state index contributed by atoms with van der Waals surface area (Å²) in [5.74, 6) is -1.07. The number of rotatable bonds is 4. The van der Waals surface area contributed by atoms with Crippen LogP contribution in [0.5, 0.6) is 0 Å². The maximum atomic E-state index is 12.0. The Morgan fingerprint density at radius 3 is 2.82 bits per heavy atom. The van der Waals surface area contributed by atoms with Crippen LogP contribution < -0.4 is 5.32 Å². The van der Waals surface area contributed by atoms with E-state index < -0.39 is 11.9 Å². The third kappa shape index (κ3) is 3.40. The first-order valence-corrected chi connectivity index (χ1v) is 6.13. The van der Waals surface area contributed by atoms with Crippen LogP contribution in [0.4, 0.5) is 0 Å². The van der Waals surface area contributed by atoms with E-state index in [2.05, 4.69) is 5.32 Å². The average Bonchev–Trinajstić information content (AvgIpc) is 2.29. The molecule has 1 aliphatic rings. The lowest BCUT2D eigenvalue weighted by atomic mass is 9.84. The summed E-state index contributed by atoms with van der Waals surface area (Å²) in [6.45, 7) is 3.97. The summed E-state index contributed by atoms with van der Waals surface area (Å²) in [5.41, 5.74) is 0. The second kappa shape index (κ2) is 6.55. The fourth-order valence-corrected chi connectivity index (χ4v) is 2.34. The van der Waals surface area contributed by atoms with Crippen LogP contribution in [0.1, 0.15) is 33.1 Å². The topological polar surface area (TPSA) is 55.4 Å². The van der Waals surface area contributed by atoms with Crippen molar-refractivity contribution in [1.82, 2.24) is 5.32 Å². The van der Waals surface area contributed by atoms with Gasteiger partial charge in [-0.1, -0.05) is 25.5 Å². The van der Waals surface area contributed by atoms with Crippen molar-refractivity contribution in [2.24, 2.45) is 5.92 Å². The monoisotopic (exact) mass is 239 g/mol. The molecule has 0 aromatic carbocycles. The molecule has 0 unspecified atom stereocenters. The number of methoxy groups -OCH3 is 1. The smallest absolute Gasteiger partial charge is 0.317 e. The lowest BCUT2D eigenvalue weighted by Gasteiger charge is -2.33. The van der Waals surface area contributed by atoms with Crippen LogP contribution in [-0.2, 0) is 14.3 Å². The molecule has 1 N–H and O–H groups in total. The number of carbonyl (C=O) groups is 2. The minimum atomic E-state index is -0.638. The molecule has 4 heteroatoms. The molecule has 1 aliphatic heterocycles. The minimum Gasteiger partial charge on any atom is -0.468 e. The van der Waals surface area contributed by atoms with Gasteiger partial charge >= 0.3 is 5.97 Å². The molecule has 1 heterocycles. The Kier molecular flexibility index (Phi) is 5.35. The number of hydrogen-bond donors (Lipinski definition) is 1. The second-order valence-electron chi connectivity index (χ2n) is 4.37. The largest absolute Gasteiger partial charge is 0.468 e. The minimum absolute atomic E-state index is 0.0165. The van der Waals surface area contributed by atoms with Gasteiger partial charge in [-0.2, -0.15) is 0 Å². The summed E-state index contributed by atoms with van der Waals surface area (Å²) >= 11 is 0. The van der Waals surface area contributed by atoms with E-state index in [1.165, 1.54) is 7.11 Å². The molecule has 0 aliphatic carbocycles. The molecule has 0 amide bonds. The second-order valence-corrected chi connectivity index (χ2v) is 4.37. The van der Waals surface area contributed by atoms with Crippen molar-refractivity contribution in [3.63, 3.8) is 0 Å². The van der Waals surface area contributed by atoms with E-state index in [1.807, 2.05) is 26.0 Å². The van der Waals surface area contributed by atoms with Crippen LogP contribution >= 0.6 is 0 Å². The highest BCUT2D eigenvalue weighted by Gasteiger charge is 2.40. The van der Waals surface area contributed by atoms with Gasteiger partial charge < -0.3 is 10.1 Å². The SMILES string of the molecule is CC=C[C@H]1CC(=O)[C@H](C(=O)OC)[C@@H](CCC)N1. The standard InChI is InChI=1S/C13H21NO3/c1-4-6-9-8-11(15)12(13(16)17-3)10(14-9)7-5-2/h4,6,9-10,12,14H,5,7-8H2,1-3H3/t9-,10+,12+/m0/s1. The molecule has 1 fully saturated rings. The third-order valence-corrected chi connectivity index (χ3v) is 3.08. The lowest BCUT2D eigenvalue weighted by molar-refractivity contribution is -0.152. The van der Waals surface area contributed by atoms with Crippen LogP contribution in [0.15, 0.2) is 12.2 Å². The Morgan fingerprint density at radius 1 is 1.59 bits per heavy atom. The number of hydrogen-bond acceptors (Lipinski definition) is 4. The molecular formula is C13H21NO3. The van der Waals surface area contributed by atoms with Crippen molar-refractivity contribution in [1.29, 1.82) is 0 Å². The molecule has 1 rings (SSSR count). The summed E-state index contributed by atoms with van der Waals surface area (Å²) in [4.78, 5) is 23.6. The Labute approximate surface area is 102 Å². The van der Waals surface area contributed by atoms with Crippen LogP contribution in [0, 0.1) is 5.92 Å². The van der Waals surface area contributed by atoms with Crippen LogP contribution in [0.2, 0.25) is 0 Å². The highest BCUT2D eigenvalue weighted by molar-refractivity contribution is 6.00. The molecule has 1 saturated heterocycles. The van der Waals surface area contributed by atoms with E-state index in [-0.39, 0.29) is 17.9 Å². The van der Waals surface area contributed by atoms with Crippen molar-refractivity contribution in [2.75, 3.05) is 7.11 Å². The van der Waals surface area contributed by atoms with E-state index in [4.69, 9.17) is 4.74 Å². The zero-order valence-corrected chi connectivity index (χ0v) is 10.7. The Bertz CT molecular complexity index is 312. The zero-order valence-electron chi connectivity index (χ0n) is 10.7. The highest BCUT2D eigenvalue weighted by Crippen LogP contribution is 2.22. The van der Waals surface area contributed by atoms with Gasteiger partial charge in [0.15, 0.2) is 5.78 Å². The first-order valence-electron chi connectivity index (χ1n) is 6.13. The summed E-state index contributed by atoms with van der Waals surface area (Å²) in [5, 5.41) is 3.34. The molecule has 0 radical (unpaired) electrons. The van der Waals surface area contributed by atoms with Crippen molar-refractivity contribution >= 4 is 11.8 Å². The van der Waals surface area contributed by atoms with Crippen LogP contribution in [0.3, 0.4) is 0 Å². The Morgan fingerprint density at radius 2 is 2.29 bits per heavy atom. The summed E-state index contributed by atoms with van der Waals surface area (Å²) in [7, 11) is 1.33. The number of ketones is 1. The first-order chi connectivity index (χ1) is 8.13. The molecule has 0 bridgehead atoms. The maximum absolute atomic E-state index is 12.0. The summed E-state index contributed by atoms with van der Waals surface area (Å²) < 4.78 is 4.71. The van der Waals surface area contributed by atoms with Gasteiger partial charge in [-0.15, -0.1) is 0 Å². The van der Waals surface area contributed by atoms with E-state index in [1.54, 1.807) is 0 Å². The number of allylic oxidation sites excluding steroid dienone is 1. The fourth-order valence-electron chi connectivity index (χ4n) is 2.34. The predicted octanol–water partition coefficient (Wildman–Crippen LogP) is 1.45. The van der Waals surface area contributed by atoms with Crippen molar-refractivity contribution in [3.8, 4) is 0 Å². The van der Waals surface area contributed by atoms with Gasteiger partial charge in [0, 0.05) is 18.5 Å². The summed E-state index contributed by atoms with van der Waals surface area (Å²) in [6, 6.07) is -0.0557. The van der Waals surface area contributed by atoms with Gasteiger partial charge in [0.25, 0.3) is 0 Å². The van der Waals surface area contributed by atoms with Gasteiger partial charge in [-0.3, -0.25) is 9.59 Å². The molecule has 96 valence electrons. The van der Waals surface area contributed by atoms with Gasteiger partial charge in [0.1, 0.15) is 5.92 Å². The van der Waals surface area contributed by atoms with Gasteiger partial charge in [-0.05, 0) is 13.3 Å². The molecule has 3 atom stereocenters. The number of nitrogens with one attached hydrogen (secondary N) is 1. The van der Waals surface area contributed by atoms with Crippen molar-refractivity contribution < 1.29 is 14.3 Å². The third-order valence-electron chi connectivity index (χ3n) is 3.08. The average molecular weight is 239 g/mol. The molecular weight excluding hydrogens is 218 g/mol. The van der Waals surface area contributed by atoms with Gasteiger partial charge in [0.05, 0.1) is 7.11 Å². The van der Waals surface area contributed by atoms with E-state index in [0.29, 0.717) is 6.42 Å². The Hall–Kier alpha value is -1.16. The molecule has 0 saturated carbocycles. The summed E-state index contributed by atoms with van der Waals surface area (Å²) in [6.07, 6.45) is 5.99. The quantitative estimate of drug-likeness (QED) is 0.458. The highest BCUT2D eigenvalue weighted by atomic mass is 16.5. The van der Waals surface area contributed by atoms with Crippen molar-refractivity contribution in [2.45, 2.75) is 45.2 Å². The van der Waals surface area contributed by atoms with Gasteiger partial charge in [0.2, 0.25) is 0 Å². The Balaban J connectivity index is 2.82. The molecule has 0 spiro atoms. The van der Waals surface area contributed by atoms with Crippen LogP contribution in [0.25, 0.3) is 0 Å². The zero-order chi connectivity index (χ0) is 12.8. The molecule has 0 aromatic rings. The molecule has 17 heavy (non-hydrogen) atoms. The number of esters is 1. The number of piperidine rings is 1. The fraction of sp³-hybridized carbons (Fsp3) is 0.692. The van der Waals surface area contributed by atoms with E-state index in [9.17, 15) is 9.59 Å². The maximum Gasteiger partial charge on any atom is 0.317 e. The van der Waals surface area contributed by atoms with E-state index in [0.717, 1.165) is 12.8 Å². The van der Waals surface area contributed by atoms with Crippen LogP contribution in [-0.4, -0.2) is 30.9 Å². The number of Topliss-reactive ketones (excluding diaryl/α,β-unsaturated/α-hetero) is 1. The predicted molar refractivity (Wildman–Crippen MR) is 65.6 cm³/mol. The molecule has 0 aromatic heterocycles. The molecule has 4 nitrogen and oxygen atoms in total.